The number of rotatable bonds is 6. The van der Waals surface area contributed by atoms with E-state index in [0.717, 1.165) is 31.5 Å². The quantitative estimate of drug-likeness (QED) is 0.813. The van der Waals surface area contributed by atoms with Crippen LogP contribution in [0.15, 0.2) is 30.3 Å². The van der Waals surface area contributed by atoms with Gasteiger partial charge in [0.05, 0.1) is 24.6 Å². The highest BCUT2D eigenvalue weighted by Crippen LogP contribution is 2.21. The van der Waals surface area contributed by atoms with E-state index in [0.29, 0.717) is 6.61 Å². The van der Waals surface area contributed by atoms with Gasteiger partial charge in [0, 0.05) is 0 Å². The zero-order valence-electron chi connectivity index (χ0n) is 14.8. The number of esters is 1. The molecule has 1 aromatic carbocycles. The van der Waals surface area contributed by atoms with Gasteiger partial charge in [0.1, 0.15) is 0 Å². The number of nitrogens with zero attached hydrogens (tertiary/aromatic N) is 1. The smallest absolute Gasteiger partial charge is 0.309 e. The van der Waals surface area contributed by atoms with Crippen molar-refractivity contribution in [3.05, 3.63) is 35.9 Å². The maximum Gasteiger partial charge on any atom is 0.309 e. The molecule has 0 spiro atoms. The van der Waals surface area contributed by atoms with Crippen molar-refractivity contribution in [2.75, 3.05) is 19.7 Å². The van der Waals surface area contributed by atoms with Gasteiger partial charge < -0.3 is 10.1 Å². The van der Waals surface area contributed by atoms with E-state index in [1.54, 1.807) is 0 Å². The summed E-state index contributed by atoms with van der Waals surface area (Å²) in [5.74, 6) is -0.104. The molecule has 5 heteroatoms. The normalized spacial score (nSPS) is 18.6. The van der Waals surface area contributed by atoms with Crippen LogP contribution < -0.4 is 5.32 Å². The highest BCUT2D eigenvalue weighted by molar-refractivity contribution is 5.81. The van der Waals surface area contributed by atoms with Crippen molar-refractivity contribution in [2.45, 2.75) is 45.7 Å². The number of carbonyl (C=O) groups is 2. The monoisotopic (exact) mass is 332 g/mol. The molecule has 0 bridgehead atoms. The van der Waals surface area contributed by atoms with Gasteiger partial charge in [-0.05, 0) is 52.3 Å². The van der Waals surface area contributed by atoms with Gasteiger partial charge in [-0.15, -0.1) is 0 Å². The Morgan fingerprint density at radius 3 is 2.42 bits per heavy atom. The Labute approximate surface area is 144 Å². The van der Waals surface area contributed by atoms with Gasteiger partial charge >= 0.3 is 5.97 Å². The van der Waals surface area contributed by atoms with Crippen molar-refractivity contribution in [1.29, 1.82) is 0 Å². The van der Waals surface area contributed by atoms with E-state index >= 15 is 0 Å². The fourth-order valence-corrected chi connectivity index (χ4v) is 3.11. The molecule has 1 saturated heterocycles. The third kappa shape index (κ3) is 4.81. The zero-order chi connectivity index (χ0) is 17.5. The molecular formula is C19H28N2O3. The van der Waals surface area contributed by atoms with E-state index in [9.17, 15) is 9.59 Å². The molecule has 1 N–H and O–H groups in total. The molecule has 2 atom stereocenters. The number of nitrogens with one attached hydrogen (secondary N) is 1. The van der Waals surface area contributed by atoms with E-state index in [4.69, 9.17) is 4.74 Å². The topological polar surface area (TPSA) is 58.6 Å². The maximum atomic E-state index is 12.5. The zero-order valence-corrected chi connectivity index (χ0v) is 14.8. The summed E-state index contributed by atoms with van der Waals surface area (Å²) >= 11 is 0. The average molecular weight is 332 g/mol. The number of amides is 1. The molecule has 1 heterocycles. The van der Waals surface area contributed by atoms with Crippen LogP contribution >= 0.6 is 0 Å². The summed E-state index contributed by atoms with van der Waals surface area (Å²) in [7, 11) is 0. The van der Waals surface area contributed by atoms with Crippen molar-refractivity contribution in [3.8, 4) is 0 Å². The summed E-state index contributed by atoms with van der Waals surface area (Å²) in [5.41, 5.74) is 1.10. The first-order chi connectivity index (χ1) is 11.5. The molecule has 0 saturated carbocycles. The van der Waals surface area contributed by atoms with Gasteiger partial charge in [0.2, 0.25) is 5.91 Å². The first-order valence-electron chi connectivity index (χ1n) is 8.79. The lowest BCUT2D eigenvalue weighted by Gasteiger charge is -2.34. The van der Waals surface area contributed by atoms with Crippen molar-refractivity contribution >= 4 is 11.9 Å². The number of hydrogen-bond acceptors (Lipinski definition) is 4. The van der Waals surface area contributed by atoms with Gasteiger partial charge in [-0.2, -0.15) is 0 Å². The number of hydrogen-bond donors (Lipinski definition) is 1. The first-order valence-corrected chi connectivity index (χ1v) is 8.79. The van der Waals surface area contributed by atoms with Crippen LogP contribution in [0.4, 0.5) is 0 Å². The Bertz CT molecular complexity index is 539. The summed E-state index contributed by atoms with van der Waals surface area (Å²) in [6.07, 6.45) is 1.51. The second-order valence-corrected chi connectivity index (χ2v) is 6.38. The molecule has 132 valence electrons. The predicted octanol–water partition coefficient (Wildman–Crippen LogP) is 2.53. The molecule has 1 amide bonds. The van der Waals surface area contributed by atoms with Crippen LogP contribution in [-0.4, -0.2) is 42.5 Å². The molecule has 2 rings (SSSR count). The molecule has 1 aromatic rings. The number of piperidine rings is 1. The third-order valence-corrected chi connectivity index (χ3v) is 4.73. The minimum absolute atomic E-state index is 0.0155. The number of carbonyl (C=O) groups excluding carboxylic acids is 2. The summed E-state index contributed by atoms with van der Waals surface area (Å²) in [6, 6.07) is 9.73. The Hall–Kier alpha value is -1.88. The Kier molecular flexibility index (Phi) is 6.79. The number of ether oxygens (including phenoxy) is 1. The van der Waals surface area contributed by atoms with Crippen molar-refractivity contribution in [2.24, 2.45) is 5.92 Å². The summed E-state index contributed by atoms with van der Waals surface area (Å²) in [5, 5.41) is 3.08. The van der Waals surface area contributed by atoms with Crippen molar-refractivity contribution in [1.82, 2.24) is 10.2 Å². The first kappa shape index (κ1) is 18.5. The second-order valence-electron chi connectivity index (χ2n) is 6.38. The van der Waals surface area contributed by atoms with E-state index in [1.807, 2.05) is 51.1 Å². The molecular weight excluding hydrogens is 304 g/mol. The minimum Gasteiger partial charge on any atom is -0.466 e. The van der Waals surface area contributed by atoms with Gasteiger partial charge in [0.25, 0.3) is 0 Å². The van der Waals surface area contributed by atoms with Crippen LogP contribution in [0, 0.1) is 5.92 Å². The van der Waals surface area contributed by atoms with Gasteiger partial charge in [-0.3, -0.25) is 14.5 Å². The van der Waals surface area contributed by atoms with Gasteiger partial charge in [0.15, 0.2) is 0 Å². The molecule has 1 fully saturated rings. The second kappa shape index (κ2) is 8.83. The van der Waals surface area contributed by atoms with Crippen LogP contribution in [0.3, 0.4) is 0 Å². The molecule has 0 radical (unpaired) electrons. The molecule has 1 aliphatic heterocycles. The maximum absolute atomic E-state index is 12.5. The highest BCUT2D eigenvalue weighted by Gasteiger charge is 2.30. The van der Waals surface area contributed by atoms with Gasteiger partial charge in [-0.25, -0.2) is 0 Å². The van der Waals surface area contributed by atoms with E-state index in [2.05, 4.69) is 10.2 Å². The van der Waals surface area contributed by atoms with Crippen LogP contribution in [0.5, 0.6) is 0 Å². The van der Waals surface area contributed by atoms with E-state index in [-0.39, 0.29) is 29.9 Å². The third-order valence-electron chi connectivity index (χ3n) is 4.73. The van der Waals surface area contributed by atoms with E-state index in [1.165, 1.54) is 0 Å². The van der Waals surface area contributed by atoms with Crippen LogP contribution in [0.1, 0.15) is 45.2 Å². The summed E-state index contributed by atoms with van der Waals surface area (Å²) < 4.78 is 5.09. The fraction of sp³-hybridized carbons (Fsp3) is 0.579. The van der Waals surface area contributed by atoms with Crippen molar-refractivity contribution < 1.29 is 14.3 Å². The Balaban J connectivity index is 1.83. The number of likely N-dealkylation sites (tertiary alicyclic amines) is 1. The Morgan fingerprint density at radius 2 is 1.83 bits per heavy atom. The fourth-order valence-electron chi connectivity index (χ4n) is 3.11. The molecule has 0 aromatic heterocycles. The molecule has 1 aliphatic rings. The predicted molar refractivity (Wildman–Crippen MR) is 93.4 cm³/mol. The lowest BCUT2D eigenvalue weighted by Crippen LogP contribution is -2.49. The largest absolute Gasteiger partial charge is 0.466 e. The molecule has 0 aliphatic carbocycles. The molecule has 0 unspecified atom stereocenters. The van der Waals surface area contributed by atoms with Gasteiger partial charge in [-0.1, -0.05) is 30.3 Å². The molecule has 5 nitrogen and oxygen atoms in total. The van der Waals surface area contributed by atoms with E-state index < -0.39 is 0 Å². The van der Waals surface area contributed by atoms with Crippen LogP contribution in [0.25, 0.3) is 0 Å². The van der Waals surface area contributed by atoms with Crippen molar-refractivity contribution in [3.63, 3.8) is 0 Å². The highest BCUT2D eigenvalue weighted by atomic mass is 16.5. The lowest BCUT2D eigenvalue weighted by atomic mass is 9.96. The molecule has 24 heavy (non-hydrogen) atoms. The lowest BCUT2D eigenvalue weighted by molar-refractivity contribution is -0.149. The van der Waals surface area contributed by atoms with Crippen LogP contribution in [-0.2, 0) is 14.3 Å². The Morgan fingerprint density at radius 1 is 1.21 bits per heavy atom. The number of benzene rings is 1. The standard InChI is InChI=1S/C19H28N2O3/c1-4-24-19(23)17-10-12-21(13-11-17)15(3)18(22)20-14(2)16-8-6-5-7-9-16/h5-9,14-15,17H,4,10-13H2,1-3H3,(H,20,22)/t14-,15+/m0/s1. The SMILES string of the molecule is CCOC(=O)C1CCN([C@H](C)C(=O)N[C@@H](C)c2ccccc2)CC1. The summed E-state index contributed by atoms with van der Waals surface area (Å²) in [4.78, 5) is 26.4. The average Bonchev–Trinajstić information content (AvgIpc) is 2.62. The summed E-state index contributed by atoms with van der Waals surface area (Å²) in [6.45, 7) is 7.67. The minimum atomic E-state index is -0.195. The van der Waals surface area contributed by atoms with Crippen LogP contribution in [0.2, 0.25) is 0 Å².